The Morgan fingerprint density at radius 2 is 1.88 bits per heavy atom. The Bertz CT molecular complexity index is 407. The number of hydrogen-bond acceptors (Lipinski definition) is 3. The number of amides is 2. The van der Waals surface area contributed by atoms with Gasteiger partial charge in [0.05, 0.1) is 12.0 Å². The Morgan fingerprint density at radius 1 is 1.24 bits per heavy atom. The molecule has 2 amide bonds. The van der Waals surface area contributed by atoms with E-state index in [2.05, 4.69) is 4.98 Å². The number of hydrogen-bond donors (Lipinski definition) is 0. The quantitative estimate of drug-likeness (QED) is 0.731. The molecule has 0 spiro atoms. The van der Waals surface area contributed by atoms with E-state index in [1.807, 2.05) is 17.8 Å². The predicted molar refractivity (Wildman–Crippen MR) is 62.1 cm³/mol. The van der Waals surface area contributed by atoms with Gasteiger partial charge in [-0.15, -0.1) is 0 Å². The van der Waals surface area contributed by atoms with Gasteiger partial charge in [-0.2, -0.15) is 0 Å². The Kier molecular flexibility index (Phi) is 3.56. The first-order valence-corrected chi connectivity index (χ1v) is 5.97. The monoisotopic (exact) mass is 235 g/mol. The summed E-state index contributed by atoms with van der Waals surface area (Å²) in [6.07, 6.45) is 6.91. The molecule has 2 heterocycles. The number of imide groups is 1. The highest BCUT2D eigenvalue weighted by Gasteiger charge is 2.23. The molecule has 5 heteroatoms. The van der Waals surface area contributed by atoms with Crippen molar-refractivity contribution in [3.8, 4) is 0 Å². The summed E-state index contributed by atoms with van der Waals surface area (Å²) in [5.74, 6) is -0.0770. The first-order valence-electron chi connectivity index (χ1n) is 5.97. The lowest BCUT2D eigenvalue weighted by Crippen LogP contribution is -2.36. The van der Waals surface area contributed by atoms with Gasteiger partial charge < -0.3 is 4.57 Å². The zero-order valence-corrected chi connectivity index (χ0v) is 10.1. The fraction of sp³-hybridized carbons (Fsp3) is 0.583. The lowest BCUT2D eigenvalue weighted by Gasteiger charge is -2.17. The normalized spacial score (nSPS) is 17.4. The molecule has 0 atom stereocenters. The summed E-state index contributed by atoms with van der Waals surface area (Å²) in [6.45, 7) is 0.453. The Labute approximate surface area is 100 Å². The van der Waals surface area contributed by atoms with Crippen molar-refractivity contribution in [2.24, 2.45) is 7.05 Å². The Balaban J connectivity index is 1.96. The van der Waals surface area contributed by atoms with Crippen LogP contribution in [0.2, 0.25) is 0 Å². The smallest absolute Gasteiger partial charge is 0.229 e. The van der Waals surface area contributed by atoms with Gasteiger partial charge in [0.25, 0.3) is 0 Å². The summed E-state index contributed by atoms with van der Waals surface area (Å²) in [5.41, 5.74) is 0.914. The minimum absolute atomic E-state index is 0.0385. The second-order valence-electron chi connectivity index (χ2n) is 4.43. The molecule has 1 aromatic rings. The predicted octanol–water partition coefficient (Wildman–Crippen LogP) is 0.892. The van der Waals surface area contributed by atoms with Crippen LogP contribution in [-0.4, -0.2) is 32.8 Å². The molecule has 0 N–H and O–H groups in total. The van der Waals surface area contributed by atoms with E-state index in [1.165, 1.54) is 4.90 Å². The summed E-state index contributed by atoms with van der Waals surface area (Å²) in [6, 6.07) is 0. The first-order chi connectivity index (χ1) is 8.16. The average molecular weight is 235 g/mol. The Morgan fingerprint density at radius 3 is 2.41 bits per heavy atom. The number of nitrogens with zero attached hydrogens (tertiary/aromatic N) is 3. The van der Waals surface area contributed by atoms with E-state index in [0.717, 1.165) is 18.5 Å². The molecule has 0 unspecified atom stereocenters. The zero-order chi connectivity index (χ0) is 12.3. The molecule has 92 valence electrons. The van der Waals surface area contributed by atoms with E-state index in [1.54, 1.807) is 6.33 Å². The highest BCUT2D eigenvalue weighted by Crippen LogP contribution is 2.13. The first kappa shape index (κ1) is 11.8. The molecule has 1 fully saturated rings. The summed E-state index contributed by atoms with van der Waals surface area (Å²) >= 11 is 0. The molecule has 2 rings (SSSR count). The van der Waals surface area contributed by atoms with Gasteiger partial charge in [-0.05, 0) is 12.8 Å². The summed E-state index contributed by atoms with van der Waals surface area (Å²) in [5, 5.41) is 0. The highest BCUT2D eigenvalue weighted by molar-refractivity contribution is 5.95. The maximum absolute atomic E-state index is 11.7. The van der Waals surface area contributed by atoms with Crippen molar-refractivity contribution in [3.63, 3.8) is 0 Å². The lowest BCUT2D eigenvalue weighted by molar-refractivity contribution is -0.143. The minimum atomic E-state index is -0.0385. The molecule has 17 heavy (non-hydrogen) atoms. The Hall–Kier alpha value is -1.65. The van der Waals surface area contributed by atoms with E-state index in [0.29, 0.717) is 25.8 Å². The molecule has 1 aliphatic rings. The van der Waals surface area contributed by atoms with Crippen LogP contribution in [0.3, 0.4) is 0 Å². The van der Waals surface area contributed by atoms with Crippen molar-refractivity contribution < 1.29 is 9.59 Å². The SMILES string of the molecule is Cn1cnc(CCN2C(=O)CCCCC2=O)c1. The van der Waals surface area contributed by atoms with Gasteiger partial charge in [-0.3, -0.25) is 14.5 Å². The van der Waals surface area contributed by atoms with Gasteiger partial charge in [0.1, 0.15) is 0 Å². The number of aromatic nitrogens is 2. The summed E-state index contributed by atoms with van der Waals surface area (Å²) < 4.78 is 1.86. The molecule has 0 radical (unpaired) electrons. The fourth-order valence-corrected chi connectivity index (χ4v) is 2.03. The van der Waals surface area contributed by atoms with Crippen molar-refractivity contribution in [1.29, 1.82) is 0 Å². The molecular formula is C12H17N3O2. The number of likely N-dealkylation sites (tertiary alicyclic amines) is 1. The van der Waals surface area contributed by atoms with Gasteiger partial charge in [-0.25, -0.2) is 4.98 Å². The number of rotatable bonds is 3. The maximum Gasteiger partial charge on any atom is 0.229 e. The number of aryl methyl sites for hydroxylation is 1. The van der Waals surface area contributed by atoms with Gasteiger partial charge in [0.2, 0.25) is 11.8 Å². The molecule has 1 aromatic heterocycles. The minimum Gasteiger partial charge on any atom is -0.340 e. The van der Waals surface area contributed by atoms with Crippen molar-refractivity contribution in [1.82, 2.24) is 14.5 Å². The number of carbonyl (C=O) groups is 2. The van der Waals surface area contributed by atoms with Crippen molar-refractivity contribution in [3.05, 3.63) is 18.2 Å². The van der Waals surface area contributed by atoms with Gasteiger partial charge in [0.15, 0.2) is 0 Å². The summed E-state index contributed by atoms with van der Waals surface area (Å²) in [7, 11) is 1.90. The van der Waals surface area contributed by atoms with E-state index in [4.69, 9.17) is 0 Å². The van der Waals surface area contributed by atoms with Crippen LogP contribution >= 0.6 is 0 Å². The van der Waals surface area contributed by atoms with E-state index >= 15 is 0 Å². The van der Waals surface area contributed by atoms with Crippen LogP contribution in [0.25, 0.3) is 0 Å². The topological polar surface area (TPSA) is 55.2 Å². The van der Waals surface area contributed by atoms with Crippen LogP contribution in [0, 0.1) is 0 Å². The molecule has 0 saturated carbocycles. The molecule has 0 bridgehead atoms. The van der Waals surface area contributed by atoms with Crippen LogP contribution in [0.15, 0.2) is 12.5 Å². The van der Waals surface area contributed by atoms with Crippen molar-refractivity contribution >= 4 is 11.8 Å². The lowest BCUT2D eigenvalue weighted by atomic mass is 10.2. The van der Waals surface area contributed by atoms with Crippen molar-refractivity contribution in [2.75, 3.05) is 6.54 Å². The van der Waals surface area contributed by atoms with E-state index in [-0.39, 0.29) is 11.8 Å². The largest absolute Gasteiger partial charge is 0.340 e. The maximum atomic E-state index is 11.7. The second kappa shape index (κ2) is 5.12. The third kappa shape index (κ3) is 2.93. The van der Waals surface area contributed by atoms with Gasteiger partial charge >= 0.3 is 0 Å². The standard InChI is InChI=1S/C12H17N3O2/c1-14-8-10(13-9-14)6-7-15-11(16)4-2-3-5-12(15)17/h8-9H,2-7H2,1H3. The molecule has 0 aromatic carbocycles. The molecule has 1 aliphatic heterocycles. The third-order valence-electron chi connectivity index (χ3n) is 2.98. The van der Waals surface area contributed by atoms with Gasteiger partial charge in [-0.1, -0.05) is 0 Å². The van der Waals surface area contributed by atoms with Crippen LogP contribution in [0.4, 0.5) is 0 Å². The van der Waals surface area contributed by atoms with E-state index < -0.39 is 0 Å². The van der Waals surface area contributed by atoms with Crippen LogP contribution < -0.4 is 0 Å². The van der Waals surface area contributed by atoms with Crippen LogP contribution in [0.5, 0.6) is 0 Å². The van der Waals surface area contributed by atoms with E-state index in [9.17, 15) is 9.59 Å². The average Bonchev–Trinajstić information content (AvgIpc) is 2.63. The summed E-state index contributed by atoms with van der Waals surface area (Å²) in [4.78, 5) is 29.0. The molecule has 1 saturated heterocycles. The second-order valence-corrected chi connectivity index (χ2v) is 4.43. The fourth-order valence-electron chi connectivity index (χ4n) is 2.03. The third-order valence-corrected chi connectivity index (χ3v) is 2.98. The number of carbonyl (C=O) groups excluding carboxylic acids is 2. The molecule has 0 aliphatic carbocycles. The van der Waals surface area contributed by atoms with Crippen molar-refractivity contribution in [2.45, 2.75) is 32.1 Å². The molecular weight excluding hydrogens is 218 g/mol. The zero-order valence-electron chi connectivity index (χ0n) is 10.1. The highest BCUT2D eigenvalue weighted by atomic mass is 16.2. The molecule has 5 nitrogen and oxygen atoms in total. The van der Waals surface area contributed by atoms with Gasteiger partial charge in [0, 0.05) is 39.1 Å². The van der Waals surface area contributed by atoms with Crippen LogP contribution in [0.1, 0.15) is 31.4 Å². The van der Waals surface area contributed by atoms with Crippen LogP contribution in [-0.2, 0) is 23.1 Å². The number of imidazole rings is 1.